The number of hydrogen-bond acceptors (Lipinski definition) is 4. The van der Waals surface area contributed by atoms with Crippen LogP contribution < -0.4 is 4.74 Å². The molecule has 29 heavy (non-hydrogen) atoms. The summed E-state index contributed by atoms with van der Waals surface area (Å²) in [5.41, 5.74) is 1.27. The molecule has 2 fully saturated rings. The lowest BCUT2D eigenvalue weighted by Crippen LogP contribution is -2.46. The number of ether oxygens (including phenoxy) is 2. The Bertz CT molecular complexity index is 776. The van der Waals surface area contributed by atoms with Gasteiger partial charge in [0.25, 0.3) is 0 Å². The predicted molar refractivity (Wildman–Crippen MR) is 111 cm³/mol. The van der Waals surface area contributed by atoms with Gasteiger partial charge in [-0.15, -0.1) is 11.3 Å². The lowest BCUT2D eigenvalue weighted by molar-refractivity contribution is -0.104. The number of pyridine rings is 1. The first kappa shape index (κ1) is 20.7. The van der Waals surface area contributed by atoms with Gasteiger partial charge < -0.3 is 9.47 Å². The van der Waals surface area contributed by atoms with E-state index in [9.17, 15) is 8.78 Å². The summed E-state index contributed by atoms with van der Waals surface area (Å²) in [5, 5.41) is 1.82. The molecule has 2 aromatic rings. The van der Waals surface area contributed by atoms with E-state index in [0.29, 0.717) is 5.75 Å². The second kappa shape index (κ2) is 9.09. The molecule has 6 heteroatoms. The third-order valence-corrected chi connectivity index (χ3v) is 7.56. The predicted octanol–water partition coefficient (Wildman–Crippen LogP) is 6.52. The zero-order valence-corrected chi connectivity index (χ0v) is 17.6. The molecule has 0 N–H and O–H groups in total. The number of unbranched alkanes of at least 4 members (excludes halogenated alkanes) is 1. The average molecular weight is 422 g/mol. The summed E-state index contributed by atoms with van der Waals surface area (Å²) >= 11 is 1.50. The Morgan fingerprint density at radius 2 is 2.00 bits per heavy atom. The molecule has 0 aromatic carbocycles. The van der Waals surface area contributed by atoms with Crippen LogP contribution in [-0.4, -0.2) is 23.8 Å². The van der Waals surface area contributed by atoms with Crippen LogP contribution >= 0.6 is 11.3 Å². The number of halogens is 2. The van der Waals surface area contributed by atoms with Crippen molar-refractivity contribution in [3.63, 3.8) is 0 Å². The number of rotatable bonds is 8. The highest BCUT2D eigenvalue weighted by atomic mass is 32.1. The smallest absolute Gasteiger partial charge is 0.387 e. The lowest BCUT2D eigenvalue weighted by Gasteiger charge is -2.46. The second-order valence-corrected chi connectivity index (χ2v) is 9.45. The summed E-state index contributed by atoms with van der Waals surface area (Å²) in [6.07, 6.45) is 12.6. The topological polar surface area (TPSA) is 31.4 Å². The van der Waals surface area contributed by atoms with Gasteiger partial charge in [0.1, 0.15) is 5.75 Å². The molecular formula is C23H29F2NO2S. The molecule has 2 aliphatic rings. The van der Waals surface area contributed by atoms with Crippen LogP contribution in [0.3, 0.4) is 0 Å². The van der Waals surface area contributed by atoms with Crippen molar-refractivity contribution in [3.05, 3.63) is 46.4 Å². The van der Waals surface area contributed by atoms with Crippen molar-refractivity contribution in [2.75, 3.05) is 6.61 Å². The van der Waals surface area contributed by atoms with Gasteiger partial charge in [-0.05, 0) is 68.5 Å². The van der Waals surface area contributed by atoms with Gasteiger partial charge in [0.15, 0.2) is 0 Å². The Labute approximate surface area is 175 Å². The molecular weight excluding hydrogens is 392 g/mol. The van der Waals surface area contributed by atoms with Gasteiger partial charge in [0, 0.05) is 28.8 Å². The molecule has 1 saturated carbocycles. The molecule has 1 spiro atoms. The first-order valence-corrected chi connectivity index (χ1v) is 11.6. The Hall–Kier alpha value is -1.53. The Kier molecular flexibility index (Phi) is 6.50. The number of aryl methyl sites for hydroxylation is 1. The lowest BCUT2D eigenvalue weighted by atomic mass is 9.67. The molecule has 2 aromatic heterocycles. The normalized spacial score (nSPS) is 23.7. The standard InChI is InChI=1S/C23H29F2NO2S/c24-21(25)28-18-9-16-29-19(18)7-1-3-10-22(20-8-2-6-14-26-20)13-15-27-23(17-22)11-4-5-12-23/h2,6,8-9,14,16,21H,1,3-5,7,10-13,15,17H2. The SMILES string of the molecule is FC(F)Oc1ccsc1CCCCC1(c2ccccn2)CCOC2(CCCC2)C1. The fourth-order valence-electron chi connectivity index (χ4n) is 5.26. The minimum absolute atomic E-state index is 0.0296. The van der Waals surface area contributed by atoms with Gasteiger partial charge in [-0.1, -0.05) is 25.3 Å². The van der Waals surface area contributed by atoms with Crippen LogP contribution in [0.5, 0.6) is 5.75 Å². The Balaban J connectivity index is 1.42. The van der Waals surface area contributed by atoms with Gasteiger partial charge in [-0.2, -0.15) is 8.78 Å². The molecule has 0 amide bonds. The quantitative estimate of drug-likeness (QED) is 0.455. The van der Waals surface area contributed by atoms with Crippen LogP contribution in [0.4, 0.5) is 8.78 Å². The van der Waals surface area contributed by atoms with Crippen LogP contribution in [-0.2, 0) is 16.6 Å². The summed E-state index contributed by atoms with van der Waals surface area (Å²) < 4.78 is 36.1. The molecule has 1 atom stereocenters. The van der Waals surface area contributed by atoms with E-state index in [2.05, 4.69) is 16.9 Å². The van der Waals surface area contributed by atoms with Crippen molar-refractivity contribution in [2.24, 2.45) is 0 Å². The molecule has 158 valence electrons. The minimum Gasteiger partial charge on any atom is -0.434 e. The number of thiophene rings is 1. The maximum Gasteiger partial charge on any atom is 0.387 e. The summed E-state index contributed by atoms with van der Waals surface area (Å²) in [6, 6.07) is 7.87. The van der Waals surface area contributed by atoms with Crippen LogP contribution in [0.15, 0.2) is 35.8 Å². The van der Waals surface area contributed by atoms with Gasteiger partial charge >= 0.3 is 6.61 Å². The zero-order chi connectivity index (χ0) is 20.2. The van der Waals surface area contributed by atoms with Crippen LogP contribution in [0, 0.1) is 0 Å². The van der Waals surface area contributed by atoms with Crippen molar-refractivity contribution >= 4 is 11.3 Å². The Morgan fingerprint density at radius 1 is 1.14 bits per heavy atom. The third-order valence-electron chi connectivity index (χ3n) is 6.60. The molecule has 3 heterocycles. The number of hydrogen-bond donors (Lipinski definition) is 0. The monoisotopic (exact) mass is 421 g/mol. The molecule has 1 aliphatic carbocycles. The summed E-state index contributed by atoms with van der Waals surface area (Å²) in [6.45, 7) is -1.96. The first-order chi connectivity index (χ1) is 14.1. The first-order valence-electron chi connectivity index (χ1n) is 10.7. The van der Waals surface area contributed by atoms with E-state index in [1.807, 2.05) is 17.6 Å². The maximum atomic E-state index is 12.6. The molecule has 0 radical (unpaired) electrons. The van der Waals surface area contributed by atoms with E-state index in [-0.39, 0.29) is 11.0 Å². The molecule has 1 unspecified atom stereocenters. The summed E-state index contributed by atoms with van der Waals surface area (Å²) in [7, 11) is 0. The highest BCUT2D eigenvalue weighted by Crippen LogP contribution is 2.50. The van der Waals surface area contributed by atoms with E-state index >= 15 is 0 Å². The molecule has 0 bridgehead atoms. The van der Waals surface area contributed by atoms with E-state index in [1.54, 1.807) is 6.07 Å². The third kappa shape index (κ3) is 4.80. The highest BCUT2D eigenvalue weighted by molar-refractivity contribution is 7.10. The van der Waals surface area contributed by atoms with E-state index < -0.39 is 6.61 Å². The number of nitrogens with zero attached hydrogens (tertiary/aromatic N) is 1. The van der Waals surface area contributed by atoms with E-state index in [1.165, 1.54) is 29.9 Å². The molecule has 1 saturated heterocycles. The van der Waals surface area contributed by atoms with Gasteiger partial charge in [-0.25, -0.2) is 0 Å². The van der Waals surface area contributed by atoms with Gasteiger partial charge in [0.2, 0.25) is 0 Å². The minimum atomic E-state index is -2.76. The molecule has 4 rings (SSSR count). The van der Waals surface area contributed by atoms with Crippen LogP contribution in [0.1, 0.15) is 68.4 Å². The largest absolute Gasteiger partial charge is 0.434 e. The van der Waals surface area contributed by atoms with Crippen LogP contribution in [0.25, 0.3) is 0 Å². The van der Waals surface area contributed by atoms with Crippen molar-refractivity contribution < 1.29 is 18.3 Å². The summed E-state index contributed by atoms with van der Waals surface area (Å²) in [5.74, 6) is 0.334. The fraction of sp³-hybridized carbons (Fsp3) is 0.609. The zero-order valence-electron chi connectivity index (χ0n) is 16.7. The van der Waals surface area contributed by atoms with Gasteiger partial charge in [0.05, 0.1) is 5.60 Å². The molecule has 1 aliphatic heterocycles. The average Bonchev–Trinajstić information content (AvgIpc) is 3.35. The Morgan fingerprint density at radius 3 is 2.76 bits per heavy atom. The van der Waals surface area contributed by atoms with Crippen molar-refractivity contribution in [3.8, 4) is 5.75 Å². The van der Waals surface area contributed by atoms with Gasteiger partial charge in [-0.3, -0.25) is 4.98 Å². The maximum absolute atomic E-state index is 12.6. The van der Waals surface area contributed by atoms with E-state index in [0.717, 1.165) is 62.9 Å². The fourth-order valence-corrected chi connectivity index (χ4v) is 6.11. The van der Waals surface area contributed by atoms with Crippen LogP contribution in [0.2, 0.25) is 0 Å². The molecule has 3 nitrogen and oxygen atoms in total. The van der Waals surface area contributed by atoms with Crippen molar-refractivity contribution in [1.29, 1.82) is 0 Å². The number of aromatic nitrogens is 1. The van der Waals surface area contributed by atoms with Crippen molar-refractivity contribution in [1.82, 2.24) is 4.98 Å². The van der Waals surface area contributed by atoms with E-state index in [4.69, 9.17) is 9.72 Å². The number of alkyl halides is 2. The second-order valence-electron chi connectivity index (χ2n) is 8.45. The summed E-state index contributed by atoms with van der Waals surface area (Å²) in [4.78, 5) is 5.66. The van der Waals surface area contributed by atoms with Crippen molar-refractivity contribution in [2.45, 2.75) is 81.8 Å². The highest BCUT2D eigenvalue weighted by Gasteiger charge is 2.48.